The highest BCUT2D eigenvalue weighted by molar-refractivity contribution is 5.93. The molecule has 6 nitrogen and oxygen atoms in total. The molecule has 0 fully saturated rings. The van der Waals surface area contributed by atoms with Gasteiger partial charge in [0.05, 0.1) is 18.8 Å². The van der Waals surface area contributed by atoms with Crippen LogP contribution < -0.4 is 5.32 Å². The van der Waals surface area contributed by atoms with Crippen molar-refractivity contribution in [2.75, 3.05) is 0 Å². The highest BCUT2D eigenvalue weighted by Gasteiger charge is 2.27. The number of benzene rings is 2. The molecule has 138 valence electrons. The summed E-state index contributed by atoms with van der Waals surface area (Å²) in [7, 11) is 0. The minimum atomic E-state index is -0.399. The third kappa shape index (κ3) is 3.70. The van der Waals surface area contributed by atoms with Gasteiger partial charge in [0.15, 0.2) is 5.69 Å². The lowest BCUT2D eigenvalue weighted by Gasteiger charge is -2.24. The molecule has 2 heterocycles. The number of carbonyl (C=O) groups is 1. The largest absolute Gasteiger partial charge is 0.365 e. The van der Waals surface area contributed by atoms with Gasteiger partial charge in [-0.2, -0.15) is 0 Å². The van der Waals surface area contributed by atoms with Gasteiger partial charge >= 0.3 is 0 Å². The molecule has 8 heteroatoms. The summed E-state index contributed by atoms with van der Waals surface area (Å²) in [5.74, 6) is -1.07. The minimum absolute atomic E-state index is 0.164. The van der Waals surface area contributed by atoms with Crippen LogP contribution in [0.15, 0.2) is 48.5 Å². The number of halogens is 2. The number of amides is 1. The van der Waals surface area contributed by atoms with Crippen LogP contribution in [0.2, 0.25) is 0 Å². The maximum Gasteiger partial charge on any atom is 0.274 e. The van der Waals surface area contributed by atoms with Gasteiger partial charge in [-0.1, -0.05) is 29.5 Å². The fraction of sp³-hybridized carbons (Fsp3) is 0.211. The van der Waals surface area contributed by atoms with Crippen LogP contribution in [0.25, 0.3) is 0 Å². The minimum Gasteiger partial charge on any atom is -0.365 e. The van der Waals surface area contributed by atoms with Gasteiger partial charge < -0.3 is 10.1 Å². The van der Waals surface area contributed by atoms with Gasteiger partial charge in [-0.25, -0.2) is 13.5 Å². The molecule has 1 atom stereocenters. The summed E-state index contributed by atoms with van der Waals surface area (Å²) in [6.07, 6.45) is -0.289. The average molecular weight is 370 g/mol. The number of hydrogen-bond acceptors (Lipinski definition) is 4. The van der Waals surface area contributed by atoms with E-state index in [2.05, 4.69) is 15.6 Å². The first-order valence-corrected chi connectivity index (χ1v) is 8.42. The van der Waals surface area contributed by atoms with Gasteiger partial charge in [0.2, 0.25) is 0 Å². The number of aromatic nitrogens is 3. The molecule has 0 radical (unpaired) electrons. The second-order valence-electron chi connectivity index (χ2n) is 6.23. The normalized spacial score (nSPS) is 16.0. The third-order valence-corrected chi connectivity index (χ3v) is 4.40. The summed E-state index contributed by atoms with van der Waals surface area (Å²) >= 11 is 0. The SMILES string of the molecule is O=C(NCc1cccc(F)c1)c1nnn2c1CO[C@H](c1ccc(F)cc1)C2. The topological polar surface area (TPSA) is 69.0 Å². The first kappa shape index (κ1) is 17.3. The van der Waals surface area contributed by atoms with Crippen LogP contribution in [-0.4, -0.2) is 20.9 Å². The van der Waals surface area contributed by atoms with Crippen molar-refractivity contribution in [3.8, 4) is 0 Å². The molecule has 4 rings (SSSR count). The Morgan fingerprint density at radius 3 is 2.78 bits per heavy atom. The summed E-state index contributed by atoms with van der Waals surface area (Å²) in [6.45, 7) is 0.727. The van der Waals surface area contributed by atoms with Gasteiger partial charge in [-0.15, -0.1) is 5.10 Å². The maximum absolute atomic E-state index is 13.2. The van der Waals surface area contributed by atoms with E-state index >= 15 is 0 Å². The molecular weight excluding hydrogens is 354 g/mol. The van der Waals surface area contributed by atoms with E-state index in [-0.39, 0.29) is 36.6 Å². The summed E-state index contributed by atoms with van der Waals surface area (Å²) in [6, 6.07) is 12.1. The molecule has 0 aliphatic carbocycles. The lowest BCUT2D eigenvalue weighted by Crippen LogP contribution is -2.27. The molecule has 27 heavy (non-hydrogen) atoms. The Kier molecular flexibility index (Phi) is 4.64. The van der Waals surface area contributed by atoms with Gasteiger partial charge in [0, 0.05) is 6.54 Å². The van der Waals surface area contributed by atoms with Crippen molar-refractivity contribution in [2.45, 2.75) is 25.8 Å². The Balaban J connectivity index is 1.44. The zero-order chi connectivity index (χ0) is 18.8. The van der Waals surface area contributed by atoms with Crippen LogP contribution in [0.3, 0.4) is 0 Å². The molecule has 2 aromatic carbocycles. The fourth-order valence-electron chi connectivity index (χ4n) is 2.98. The predicted octanol–water partition coefficient (Wildman–Crippen LogP) is 2.76. The van der Waals surface area contributed by atoms with Crippen molar-refractivity contribution in [1.82, 2.24) is 20.3 Å². The maximum atomic E-state index is 13.2. The third-order valence-electron chi connectivity index (χ3n) is 4.40. The molecule has 0 saturated carbocycles. The molecule has 1 aliphatic heterocycles. The Morgan fingerprint density at radius 1 is 1.19 bits per heavy atom. The Hall–Kier alpha value is -3.13. The number of ether oxygens (including phenoxy) is 1. The lowest BCUT2D eigenvalue weighted by molar-refractivity contribution is -0.00180. The van der Waals surface area contributed by atoms with Crippen LogP contribution in [0.5, 0.6) is 0 Å². The molecule has 1 amide bonds. The van der Waals surface area contributed by atoms with E-state index in [4.69, 9.17) is 4.74 Å². The fourth-order valence-corrected chi connectivity index (χ4v) is 2.98. The monoisotopic (exact) mass is 370 g/mol. The van der Waals surface area contributed by atoms with Crippen molar-refractivity contribution in [1.29, 1.82) is 0 Å². The summed E-state index contributed by atoms with van der Waals surface area (Å²) in [4.78, 5) is 12.4. The van der Waals surface area contributed by atoms with Crippen molar-refractivity contribution in [3.05, 3.63) is 82.7 Å². The van der Waals surface area contributed by atoms with E-state index in [1.54, 1.807) is 28.9 Å². The van der Waals surface area contributed by atoms with Gasteiger partial charge in [0.1, 0.15) is 17.7 Å². The Bertz CT molecular complexity index is 972. The molecule has 0 saturated heterocycles. The van der Waals surface area contributed by atoms with Crippen LogP contribution in [0, 0.1) is 11.6 Å². The summed E-state index contributed by atoms with van der Waals surface area (Å²) < 4.78 is 33.7. The second-order valence-corrected chi connectivity index (χ2v) is 6.23. The van der Waals surface area contributed by atoms with Gasteiger partial charge in [-0.3, -0.25) is 4.79 Å². The zero-order valence-corrected chi connectivity index (χ0v) is 14.2. The highest BCUT2D eigenvalue weighted by atomic mass is 19.1. The molecule has 0 unspecified atom stereocenters. The van der Waals surface area contributed by atoms with Crippen molar-refractivity contribution >= 4 is 5.91 Å². The van der Waals surface area contributed by atoms with E-state index in [0.29, 0.717) is 17.8 Å². The van der Waals surface area contributed by atoms with Crippen LogP contribution in [0.1, 0.15) is 33.4 Å². The molecule has 1 N–H and O–H groups in total. The van der Waals surface area contributed by atoms with E-state index < -0.39 is 5.91 Å². The van der Waals surface area contributed by atoms with Crippen LogP contribution in [0.4, 0.5) is 8.78 Å². The standard InChI is InChI=1S/C19H16F2N4O2/c20-14-6-4-13(5-7-14)17-10-25-16(11-27-17)18(23-24-25)19(26)22-9-12-2-1-3-15(21)8-12/h1-8,17H,9-11H2,(H,22,26)/t17-/m0/s1. The highest BCUT2D eigenvalue weighted by Crippen LogP contribution is 2.27. The number of rotatable bonds is 4. The molecular formula is C19H16F2N4O2. The van der Waals surface area contributed by atoms with E-state index in [1.165, 1.54) is 24.3 Å². The van der Waals surface area contributed by atoms with Crippen LogP contribution in [-0.2, 0) is 24.4 Å². The van der Waals surface area contributed by atoms with Crippen molar-refractivity contribution in [3.63, 3.8) is 0 Å². The second kappa shape index (κ2) is 7.24. The molecule has 0 spiro atoms. The molecule has 1 aliphatic rings. The number of fused-ring (bicyclic) bond motifs is 1. The zero-order valence-electron chi connectivity index (χ0n) is 14.2. The van der Waals surface area contributed by atoms with Gasteiger partial charge in [0.25, 0.3) is 5.91 Å². The lowest BCUT2D eigenvalue weighted by atomic mass is 10.1. The van der Waals surface area contributed by atoms with E-state index in [9.17, 15) is 13.6 Å². The Morgan fingerprint density at radius 2 is 2.00 bits per heavy atom. The summed E-state index contributed by atoms with van der Waals surface area (Å²) in [5, 5.41) is 10.7. The Labute approximate surface area is 153 Å². The van der Waals surface area contributed by atoms with Crippen LogP contribution >= 0.6 is 0 Å². The van der Waals surface area contributed by atoms with E-state index in [0.717, 1.165) is 5.56 Å². The molecule has 3 aromatic rings. The molecule has 1 aromatic heterocycles. The van der Waals surface area contributed by atoms with E-state index in [1.807, 2.05) is 0 Å². The smallest absolute Gasteiger partial charge is 0.274 e. The number of nitrogens with zero attached hydrogens (tertiary/aromatic N) is 3. The first-order chi connectivity index (χ1) is 13.1. The summed E-state index contributed by atoms with van der Waals surface area (Å²) in [5.41, 5.74) is 2.24. The van der Waals surface area contributed by atoms with Gasteiger partial charge in [-0.05, 0) is 35.4 Å². The first-order valence-electron chi connectivity index (χ1n) is 8.42. The van der Waals surface area contributed by atoms with Crippen molar-refractivity contribution in [2.24, 2.45) is 0 Å². The number of hydrogen-bond donors (Lipinski definition) is 1. The number of carbonyl (C=O) groups excluding carboxylic acids is 1. The average Bonchev–Trinajstić information content (AvgIpc) is 3.10. The number of nitrogens with one attached hydrogen (secondary N) is 1. The predicted molar refractivity (Wildman–Crippen MR) is 91.5 cm³/mol. The molecule has 0 bridgehead atoms. The quantitative estimate of drug-likeness (QED) is 0.767. The van der Waals surface area contributed by atoms with Crippen molar-refractivity contribution < 1.29 is 18.3 Å².